The van der Waals surface area contributed by atoms with Gasteiger partial charge in [-0.15, -0.1) is 0 Å². The topological polar surface area (TPSA) is 66.8 Å². The first-order valence-corrected chi connectivity index (χ1v) is 10.1. The quantitative estimate of drug-likeness (QED) is 0.606. The Balaban J connectivity index is 1.55. The average molecular weight is 383 g/mol. The Hall–Kier alpha value is -2.49. The number of hydrogen-bond acceptors (Lipinski definition) is 3. The molecule has 150 valence electrons. The van der Waals surface area contributed by atoms with Crippen LogP contribution in [0, 0.1) is 5.41 Å². The normalized spacial score (nSPS) is 17.7. The van der Waals surface area contributed by atoms with Gasteiger partial charge in [-0.25, -0.2) is 0 Å². The van der Waals surface area contributed by atoms with E-state index in [1.165, 1.54) is 5.56 Å². The minimum absolute atomic E-state index is 0.0412. The van der Waals surface area contributed by atoms with Crippen molar-refractivity contribution >= 4 is 5.97 Å². The van der Waals surface area contributed by atoms with E-state index in [4.69, 9.17) is 4.74 Å². The molecule has 0 bridgehead atoms. The summed E-state index contributed by atoms with van der Waals surface area (Å²) in [4.78, 5) is 11.7. The molecular formula is C24H30O4. The molecule has 0 aliphatic heterocycles. The molecule has 1 unspecified atom stereocenters. The summed E-state index contributed by atoms with van der Waals surface area (Å²) in [6, 6.07) is 13.9. The molecule has 4 nitrogen and oxygen atoms in total. The van der Waals surface area contributed by atoms with Gasteiger partial charge in [-0.05, 0) is 61.1 Å². The highest BCUT2D eigenvalue weighted by molar-refractivity contribution is 5.79. The van der Waals surface area contributed by atoms with Gasteiger partial charge in [-0.1, -0.05) is 44.2 Å². The molecule has 0 fully saturated rings. The molecule has 2 N–H and O–H groups in total. The lowest BCUT2D eigenvalue weighted by Crippen LogP contribution is -2.29. The number of hydrogen-bond donors (Lipinski definition) is 2. The number of fused-ring (bicyclic) bond motifs is 1. The third-order valence-electron chi connectivity index (χ3n) is 5.51. The van der Waals surface area contributed by atoms with Crippen LogP contribution in [0.4, 0.5) is 0 Å². The van der Waals surface area contributed by atoms with Crippen LogP contribution in [0.3, 0.4) is 0 Å². The number of rotatable bonds is 8. The molecule has 1 atom stereocenters. The van der Waals surface area contributed by atoms with Crippen molar-refractivity contribution in [2.24, 2.45) is 5.41 Å². The highest BCUT2D eigenvalue weighted by atomic mass is 16.5. The lowest BCUT2D eigenvalue weighted by molar-refractivity contribution is -0.140. The van der Waals surface area contributed by atoms with Crippen LogP contribution in [-0.4, -0.2) is 22.8 Å². The van der Waals surface area contributed by atoms with Crippen LogP contribution in [0.5, 0.6) is 11.5 Å². The van der Waals surface area contributed by atoms with E-state index in [-0.39, 0.29) is 11.2 Å². The Kier molecular flexibility index (Phi) is 6.28. The molecule has 0 heterocycles. The van der Waals surface area contributed by atoms with Crippen LogP contribution in [0.1, 0.15) is 62.1 Å². The van der Waals surface area contributed by atoms with Crippen molar-refractivity contribution in [3.63, 3.8) is 0 Å². The average Bonchev–Trinajstić information content (AvgIpc) is 2.63. The summed E-state index contributed by atoms with van der Waals surface area (Å²) in [7, 11) is 0. The summed E-state index contributed by atoms with van der Waals surface area (Å²) in [5.41, 5.74) is 2.70. The first-order chi connectivity index (χ1) is 13.4. The maximum Gasteiger partial charge on any atom is 0.311 e. The summed E-state index contributed by atoms with van der Waals surface area (Å²) in [5.74, 6) is -0.872. The van der Waals surface area contributed by atoms with E-state index >= 15 is 0 Å². The van der Waals surface area contributed by atoms with Gasteiger partial charge >= 0.3 is 5.97 Å². The van der Waals surface area contributed by atoms with Crippen molar-refractivity contribution in [1.29, 1.82) is 0 Å². The van der Waals surface area contributed by atoms with E-state index < -0.39 is 11.9 Å². The number of aliphatic carboxylic acids is 1. The molecule has 1 aliphatic carbocycles. The second-order valence-corrected chi connectivity index (χ2v) is 8.60. The zero-order chi connectivity index (χ0) is 20.1. The second-order valence-electron chi connectivity index (χ2n) is 8.60. The van der Waals surface area contributed by atoms with Crippen molar-refractivity contribution in [2.75, 3.05) is 6.61 Å². The Morgan fingerprint density at radius 3 is 2.61 bits per heavy atom. The zero-order valence-corrected chi connectivity index (χ0v) is 16.8. The fourth-order valence-electron chi connectivity index (χ4n) is 4.20. The Labute approximate surface area is 167 Å². The van der Waals surface area contributed by atoms with Gasteiger partial charge in [-0.2, -0.15) is 0 Å². The van der Waals surface area contributed by atoms with Gasteiger partial charge in [0.15, 0.2) is 0 Å². The molecule has 2 aromatic carbocycles. The van der Waals surface area contributed by atoms with E-state index in [0.717, 1.165) is 37.7 Å². The first kappa shape index (κ1) is 20.2. The van der Waals surface area contributed by atoms with Crippen molar-refractivity contribution in [3.8, 4) is 11.5 Å². The molecule has 0 aromatic heterocycles. The molecule has 1 aliphatic rings. The fraction of sp³-hybridized carbons (Fsp3) is 0.458. The lowest BCUT2D eigenvalue weighted by atomic mass is 9.69. The zero-order valence-electron chi connectivity index (χ0n) is 16.8. The standard InChI is InChI=1S/C24H30O4/c1-24(2)15-18-13-19(14-21(25)22(18)20(16-24)23(26)27)28-12-8-4-7-11-17-9-5-3-6-10-17/h3,5-6,9-10,13-14,20,25H,4,7-8,11-12,15-16H2,1-2H3,(H,26,27). The smallest absolute Gasteiger partial charge is 0.311 e. The number of aryl methyl sites for hydroxylation is 1. The van der Waals surface area contributed by atoms with Gasteiger partial charge in [0.1, 0.15) is 11.5 Å². The van der Waals surface area contributed by atoms with E-state index in [9.17, 15) is 15.0 Å². The molecule has 0 amide bonds. The first-order valence-electron chi connectivity index (χ1n) is 10.1. The molecule has 4 heteroatoms. The van der Waals surface area contributed by atoms with Crippen LogP contribution in [0.25, 0.3) is 0 Å². The molecule has 0 saturated carbocycles. The van der Waals surface area contributed by atoms with E-state index in [1.54, 1.807) is 6.07 Å². The van der Waals surface area contributed by atoms with Crippen LogP contribution >= 0.6 is 0 Å². The summed E-state index contributed by atoms with van der Waals surface area (Å²) < 4.78 is 5.86. The molecule has 0 spiro atoms. The monoisotopic (exact) mass is 382 g/mol. The summed E-state index contributed by atoms with van der Waals surface area (Å²) in [6.45, 7) is 4.74. The van der Waals surface area contributed by atoms with Crippen LogP contribution in [0.15, 0.2) is 42.5 Å². The molecule has 28 heavy (non-hydrogen) atoms. The molecule has 0 radical (unpaired) electrons. The SMILES string of the molecule is CC1(C)Cc2cc(OCCCCCc3ccccc3)cc(O)c2C(C(=O)O)C1. The number of carbonyl (C=O) groups is 1. The number of ether oxygens (including phenoxy) is 1. The van der Waals surface area contributed by atoms with E-state index in [2.05, 4.69) is 38.1 Å². The van der Waals surface area contributed by atoms with Crippen molar-refractivity contribution in [3.05, 3.63) is 59.2 Å². The molecule has 3 rings (SSSR count). The Bertz CT molecular complexity index is 811. The van der Waals surface area contributed by atoms with Gasteiger partial charge in [0.2, 0.25) is 0 Å². The molecule has 2 aromatic rings. The summed E-state index contributed by atoms with van der Waals surface area (Å²) in [5, 5.41) is 20.0. The number of phenolic OH excluding ortho intramolecular Hbond substituents is 1. The highest BCUT2D eigenvalue weighted by Gasteiger charge is 2.38. The van der Waals surface area contributed by atoms with Crippen molar-refractivity contribution in [2.45, 2.75) is 58.3 Å². The highest BCUT2D eigenvalue weighted by Crippen LogP contribution is 2.46. The second kappa shape index (κ2) is 8.68. The van der Waals surface area contributed by atoms with Gasteiger partial charge in [0, 0.05) is 11.6 Å². The maximum absolute atomic E-state index is 11.7. The van der Waals surface area contributed by atoms with E-state index in [0.29, 0.717) is 24.3 Å². The predicted molar refractivity (Wildman–Crippen MR) is 110 cm³/mol. The Morgan fingerprint density at radius 2 is 1.89 bits per heavy atom. The number of aromatic hydroxyl groups is 1. The third-order valence-corrected chi connectivity index (χ3v) is 5.51. The largest absolute Gasteiger partial charge is 0.507 e. The number of phenols is 1. The minimum Gasteiger partial charge on any atom is -0.507 e. The summed E-state index contributed by atoms with van der Waals surface area (Å²) >= 11 is 0. The number of benzene rings is 2. The number of carboxylic acids is 1. The summed E-state index contributed by atoms with van der Waals surface area (Å²) in [6.07, 6.45) is 5.51. The fourth-order valence-corrected chi connectivity index (χ4v) is 4.20. The van der Waals surface area contributed by atoms with Crippen LogP contribution < -0.4 is 4.74 Å². The predicted octanol–water partition coefficient (Wildman–Crippen LogP) is 5.32. The molecule has 0 saturated heterocycles. The van der Waals surface area contributed by atoms with Gasteiger partial charge in [0.05, 0.1) is 12.5 Å². The van der Waals surface area contributed by atoms with Crippen molar-refractivity contribution < 1.29 is 19.7 Å². The third kappa shape index (κ3) is 5.06. The molecular weight excluding hydrogens is 352 g/mol. The van der Waals surface area contributed by atoms with Gasteiger partial charge < -0.3 is 14.9 Å². The van der Waals surface area contributed by atoms with Crippen LogP contribution in [-0.2, 0) is 17.6 Å². The van der Waals surface area contributed by atoms with Crippen LogP contribution in [0.2, 0.25) is 0 Å². The van der Waals surface area contributed by atoms with E-state index in [1.807, 2.05) is 12.1 Å². The van der Waals surface area contributed by atoms with Crippen molar-refractivity contribution in [1.82, 2.24) is 0 Å². The number of unbranched alkanes of at least 4 members (excludes halogenated alkanes) is 2. The van der Waals surface area contributed by atoms with Gasteiger partial charge in [0.25, 0.3) is 0 Å². The van der Waals surface area contributed by atoms with Gasteiger partial charge in [-0.3, -0.25) is 4.79 Å². The lowest BCUT2D eigenvalue weighted by Gasteiger charge is -2.35. The number of carboxylic acid groups (broad SMARTS) is 1. The Morgan fingerprint density at radius 1 is 1.14 bits per heavy atom. The minimum atomic E-state index is -0.878. The maximum atomic E-state index is 11.7.